The first-order chi connectivity index (χ1) is 16.9. The van der Waals surface area contributed by atoms with Gasteiger partial charge in [0.25, 0.3) is 11.8 Å². The number of hydrogen-bond acceptors (Lipinski definition) is 8. The Labute approximate surface area is 204 Å². The van der Waals surface area contributed by atoms with Gasteiger partial charge in [-0.1, -0.05) is 12.8 Å². The number of hydrogen-bond donors (Lipinski definition) is 2. The lowest BCUT2D eigenvalue weighted by Crippen LogP contribution is -2.47. The minimum Gasteiger partial charge on any atom is -0.490 e. The normalized spacial score (nSPS) is 16.8. The Kier molecular flexibility index (Phi) is 9.71. The molecular formula is C24H33N3O8. The highest BCUT2D eigenvalue weighted by Gasteiger charge is 2.24. The molecule has 1 aromatic carbocycles. The van der Waals surface area contributed by atoms with Gasteiger partial charge in [-0.15, -0.1) is 0 Å². The van der Waals surface area contributed by atoms with Crippen molar-refractivity contribution in [3.8, 4) is 11.5 Å². The average molecular weight is 492 g/mol. The summed E-state index contributed by atoms with van der Waals surface area (Å²) in [6.45, 7) is 5.30. The molecule has 1 saturated heterocycles. The number of carbonyl (C=O) groups excluding carboxylic acids is 4. The Morgan fingerprint density at radius 2 is 1.80 bits per heavy atom. The van der Waals surface area contributed by atoms with Crippen molar-refractivity contribution < 1.29 is 38.1 Å². The molecule has 11 heteroatoms. The predicted molar refractivity (Wildman–Crippen MR) is 124 cm³/mol. The summed E-state index contributed by atoms with van der Waals surface area (Å²) in [5.41, 5.74) is 0.135. The number of nitrogens with zero attached hydrogens (tertiary/aromatic N) is 1. The van der Waals surface area contributed by atoms with E-state index in [1.54, 1.807) is 11.8 Å². The van der Waals surface area contributed by atoms with Crippen LogP contribution in [-0.2, 0) is 19.1 Å². The summed E-state index contributed by atoms with van der Waals surface area (Å²) in [6, 6.07) is 3.85. The van der Waals surface area contributed by atoms with Crippen LogP contribution in [0, 0.1) is 0 Å². The molecule has 192 valence electrons. The lowest BCUT2D eigenvalue weighted by molar-refractivity contribution is -0.137. The monoisotopic (exact) mass is 491 g/mol. The fraction of sp³-hybridized carbons (Fsp3) is 0.583. The van der Waals surface area contributed by atoms with Gasteiger partial charge in [-0.05, 0) is 44.9 Å². The van der Waals surface area contributed by atoms with Crippen LogP contribution in [0.15, 0.2) is 18.2 Å². The van der Waals surface area contributed by atoms with Crippen LogP contribution in [0.4, 0.5) is 4.79 Å². The van der Waals surface area contributed by atoms with E-state index >= 15 is 0 Å². The van der Waals surface area contributed by atoms with Gasteiger partial charge in [0.1, 0.15) is 0 Å². The average Bonchev–Trinajstić information content (AvgIpc) is 3.36. The van der Waals surface area contributed by atoms with Gasteiger partial charge in [-0.3, -0.25) is 14.9 Å². The number of imide groups is 1. The van der Waals surface area contributed by atoms with E-state index in [9.17, 15) is 19.2 Å². The van der Waals surface area contributed by atoms with Gasteiger partial charge in [0.05, 0.1) is 25.4 Å². The summed E-state index contributed by atoms with van der Waals surface area (Å²) >= 11 is 0. The summed E-state index contributed by atoms with van der Waals surface area (Å²) in [5.74, 6) is -1.08. The predicted octanol–water partition coefficient (Wildman–Crippen LogP) is 1.64. The number of ether oxygens (including phenoxy) is 4. The minimum atomic E-state index is -1.19. The first-order valence-electron chi connectivity index (χ1n) is 11.9. The van der Waals surface area contributed by atoms with Gasteiger partial charge < -0.3 is 29.2 Å². The smallest absolute Gasteiger partial charge is 0.339 e. The van der Waals surface area contributed by atoms with Crippen molar-refractivity contribution in [2.45, 2.75) is 51.7 Å². The summed E-state index contributed by atoms with van der Waals surface area (Å²) in [6.07, 6.45) is 2.68. The number of morpholine rings is 1. The molecule has 0 radical (unpaired) electrons. The Hall–Kier alpha value is -3.34. The van der Waals surface area contributed by atoms with Crippen LogP contribution < -0.4 is 20.1 Å². The van der Waals surface area contributed by atoms with E-state index in [1.165, 1.54) is 25.1 Å². The molecule has 0 unspecified atom stereocenters. The van der Waals surface area contributed by atoms with Crippen molar-refractivity contribution in [2.75, 3.05) is 39.5 Å². The maximum Gasteiger partial charge on any atom is 0.339 e. The van der Waals surface area contributed by atoms with E-state index in [4.69, 9.17) is 18.9 Å². The van der Waals surface area contributed by atoms with E-state index in [0.717, 1.165) is 25.7 Å². The van der Waals surface area contributed by atoms with Gasteiger partial charge in [-0.2, -0.15) is 0 Å². The lowest BCUT2D eigenvalue weighted by Gasteiger charge is -2.26. The standard InChI is InChI=1S/C24H33N3O8/c1-3-33-20-14-17(8-9-19(20)34-15-21(28)27-10-12-32-13-11-27)23(30)35-16(2)22(29)26-24(31)25-18-6-4-5-7-18/h8-9,14,16,18H,3-7,10-13,15H2,1-2H3,(H2,25,26,29,31)/t16-/m1/s1. The van der Waals surface area contributed by atoms with Gasteiger partial charge in [0.2, 0.25) is 0 Å². The highest BCUT2D eigenvalue weighted by molar-refractivity contribution is 5.98. The molecule has 1 aliphatic heterocycles. The number of esters is 1. The number of carbonyl (C=O) groups is 4. The number of urea groups is 1. The van der Waals surface area contributed by atoms with Gasteiger partial charge >= 0.3 is 12.0 Å². The first-order valence-corrected chi connectivity index (χ1v) is 11.9. The Morgan fingerprint density at radius 1 is 1.09 bits per heavy atom. The number of rotatable bonds is 9. The molecule has 1 aromatic rings. The number of nitrogens with one attached hydrogen (secondary N) is 2. The zero-order valence-electron chi connectivity index (χ0n) is 20.2. The van der Waals surface area contributed by atoms with E-state index in [-0.39, 0.29) is 29.9 Å². The lowest BCUT2D eigenvalue weighted by atomic mass is 10.2. The molecule has 1 aliphatic carbocycles. The van der Waals surface area contributed by atoms with Crippen LogP contribution in [0.1, 0.15) is 49.9 Å². The van der Waals surface area contributed by atoms with Crippen molar-refractivity contribution in [3.63, 3.8) is 0 Å². The molecule has 2 fully saturated rings. The van der Waals surface area contributed by atoms with Gasteiger partial charge in [-0.25, -0.2) is 9.59 Å². The molecule has 1 saturated carbocycles. The second kappa shape index (κ2) is 12.9. The molecule has 1 heterocycles. The quantitative estimate of drug-likeness (QED) is 0.498. The summed E-state index contributed by atoms with van der Waals surface area (Å²) < 4.78 is 21.7. The maximum absolute atomic E-state index is 12.6. The Balaban J connectivity index is 1.54. The van der Waals surface area contributed by atoms with Crippen LogP contribution in [0.2, 0.25) is 0 Å². The van der Waals surface area contributed by atoms with Crippen molar-refractivity contribution in [3.05, 3.63) is 23.8 Å². The van der Waals surface area contributed by atoms with E-state index < -0.39 is 24.0 Å². The Morgan fingerprint density at radius 3 is 2.49 bits per heavy atom. The highest BCUT2D eigenvalue weighted by atomic mass is 16.5. The van der Waals surface area contributed by atoms with Gasteiger partial charge in [0.15, 0.2) is 24.2 Å². The van der Waals surface area contributed by atoms with Crippen LogP contribution >= 0.6 is 0 Å². The second-order valence-electron chi connectivity index (χ2n) is 8.37. The minimum absolute atomic E-state index is 0.0579. The molecule has 0 aromatic heterocycles. The van der Waals surface area contributed by atoms with Crippen LogP contribution in [0.3, 0.4) is 0 Å². The fourth-order valence-corrected chi connectivity index (χ4v) is 3.85. The molecule has 2 aliphatic rings. The summed E-state index contributed by atoms with van der Waals surface area (Å²) in [7, 11) is 0. The molecule has 11 nitrogen and oxygen atoms in total. The van der Waals surface area contributed by atoms with E-state index in [2.05, 4.69) is 10.6 Å². The van der Waals surface area contributed by atoms with Crippen molar-refractivity contribution in [1.29, 1.82) is 0 Å². The Bertz CT molecular complexity index is 910. The first kappa shape index (κ1) is 26.3. The van der Waals surface area contributed by atoms with Crippen molar-refractivity contribution in [1.82, 2.24) is 15.5 Å². The third-order valence-corrected chi connectivity index (χ3v) is 5.77. The van der Waals surface area contributed by atoms with Crippen molar-refractivity contribution in [2.24, 2.45) is 0 Å². The third-order valence-electron chi connectivity index (χ3n) is 5.77. The van der Waals surface area contributed by atoms with Crippen molar-refractivity contribution >= 4 is 23.8 Å². The molecule has 4 amide bonds. The SMILES string of the molecule is CCOc1cc(C(=O)O[C@H](C)C(=O)NC(=O)NC2CCCC2)ccc1OCC(=O)N1CCOCC1. The molecule has 1 atom stereocenters. The molecular weight excluding hydrogens is 458 g/mol. The summed E-state index contributed by atoms with van der Waals surface area (Å²) in [5, 5.41) is 4.95. The number of amides is 4. The van der Waals surface area contributed by atoms with Crippen LogP contribution in [-0.4, -0.2) is 80.4 Å². The maximum atomic E-state index is 12.6. The molecule has 0 spiro atoms. The molecule has 35 heavy (non-hydrogen) atoms. The zero-order valence-corrected chi connectivity index (χ0v) is 20.2. The van der Waals surface area contributed by atoms with Crippen LogP contribution in [0.5, 0.6) is 11.5 Å². The van der Waals surface area contributed by atoms with Crippen LogP contribution in [0.25, 0.3) is 0 Å². The summed E-state index contributed by atoms with van der Waals surface area (Å²) in [4.78, 5) is 50.8. The largest absolute Gasteiger partial charge is 0.490 e. The molecule has 0 bridgehead atoms. The number of benzene rings is 1. The second-order valence-corrected chi connectivity index (χ2v) is 8.37. The molecule has 2 N–H and O–H groups in total. The fourth-order valence-electron chi connectivity index (χ4n) is 3.85. The highest BCUT2D eigenvalue weighted by Crippen LogP contribution is 2.29. The molecule has 3 rings (SSSR count). The zero-order chi connectivity index (χ0) is 25.2. The topological polar surface area (TPSA) is 132 Å². The van der Waals surface area contributed by atoms with E-state index in [0.29, 0.717) is 38.7 Å². The third kappa shape index (κ3) is 7.84. The van der Waals surface area contributed by atoms with Gasteiger partial charge in [0, 0.05) is 19.1 Å². The van der Waals surface area contributed by atoms with E-state index in [1.807, 2.05) is 0 Å².